The average Bonchev–Trinajstić information content (AvgIpc) is 3.30. The number of hydrogen-bond donors (Lipinski definition) is 3. The van der Waals surface area contributed by atoms with Crippen LogP contribution in [0.5, 0.6) is 0 Å². The normalized spacial score (nSPS) is 13.7. The molecular weight excluding hydrogens is 803 g/mol. The van der Waals surface area contributed by atoms with E-state index in [0.29, 0.717) is 19.3 Å². The lowest BCUT2D eigenvalue weighted by Gasteiger charge is -2.24. The minimum Gasteiger partial charge on any atom is -0.462 e. The van der Waals surface area contributed by atoms with Crippen LogP contribution in [0.25, 0.3) is 0 Å². The van der Waals surface area contributed by atoms with Crippen LogP contribution in [0.3, 0.4) is 0 Å². The Morgan fingerprint density at radius 3 is 1.25 bits per heavy atom. The van der Waals surface area contributed by atoms with Gasteiger partial charge in [0.15, 0.2) is 0 Å². The average molecular weight is 908 g/mol. The highest BCUT2D eigenvalue weighted by Gasteiger charge is 2.24. The first-order chi connectivity index (χ1) is 32.0. The zero-order valence-electron chi connectivity index (χ0n) is 42.9. The van der Waals surface area contributed by atoms with Gasteiger partial charge < -0.3 is 20.3 Å². The van der Waals surface area contributed by atoms with Crippen molar-refractivity contribution >= 4 is 11.9 Å². The zero-order valence-corrected chi connectivity index (χ0v) is 42.9. The molecule has 0 radical (unpaired) electrons. The standard InChI is InChI=1S/C59H105NO5/c1-4-7-10-13-16-19-22-25-28-30-32-35-38-41-44-47-50-55(65-59(64)52-49-46-43-40-37-34-31-29-26-23-20-17-14-11-8-5-2)53-58(63)60-56(54-61)57(62)51-48-45-42-39-36-33-27-24-21-18-15-12-9-6-3/h16,19,22,25,28-32,34-35,37,55-57,61-62H,4-15,17-18,20-21,23-24,26-27,33,36,38-54H2,1-3H3,(H,60,63)/b19-16+,25-22+,30-28+,31-29+,35-32+,37-34+. The molecule has 0 aliphatic carbocycles. The van der Waals surface area contributed by atoms with E-state index in [4.69, 9.17) is 4.74 Å². The molecule has 0 aromatic carbocycles. The number of nitrogens with one attached hydrogen (secondary N) is 1. The smallest absolute Gasteiger partial charge is 0.306 e. The molecule has 0 saturated heterocycles. The molecule has 0 rings (SSSR count). The van der Waals surface area contributed by atoms with Crippen molar-refractivity contribution < 1.29 is 24.5 Å². The highest BCUT2D eigenvalue weighted by molar-refractivity contribution is 5.77. The van der Waals surface area contributed by atoms with Gasteiger partial charge in [-0.05, 0) is 77.0 Å². The molecule has 3 N–H and O–H groups in total. The van der Waals surface area contributed by atoms with Gasteiger partial charge in [0.1, 0.15) is 6.10 Å². The van der Waals surface area contributed by atoms with E-state index in [-0.39, 0.29) is 24.9 Å². The van der Waals surface area contributed by atoms with Gasteiger partial charge in [-0.15, -0.1) is 0 Å². The lowest BCUT2D eigenvalue weighted by molar-refractivity contribution is -0.151. The van der Waals surface area contributed by atoms with E-state index in [9.17, 15) is 19.8 Å². The van der Waals surface area contributed by atoms with Crippen molar-refractivity contribution in [3.8, 4) is 0 Å². The molecule has 1 amide bonds. The molecule has 0 fully saturated rings. The number of hydrogen-bond acceptors (Lipinski definition) is 5. The van der Waals surface area contributed by atoms with E-state index in [0.717, 1.165) is 83.5 Å². The molecule has 0 aliphatic heterocycles. The van der Waals surface area contributed by atoms with E-state index >= 15 is 0 Å². The van der Waals surface area contributed by atoms with Crippen LogP contribution in [0.4, 0.5) is 0 Å². The lowest BCUT2D eigenvalue weighted by atomic mass is 10.0. The monoisotopic (exact) mass is 908 g/mol. The summed E-state index contributed by atoms with van der Waals surface area (Å²) in [4.78, 5) is 26.2. The minimum absolute atomic E-state index is 0.0389. The van der Waals surface area contributed by atoms with E-state index < -0.39 is 18.2 Å². The molecular formula is C59H105NO5. The molecule has 6 heteroatoms. The fourth-order valence-electron chi connectivity index (χ4n) is 8.14. The van der Waals surface area contributed by atoms with Crippen molar-refractivity contribution in [3.63, 3.8) is 0 Å². The molecule has 0 bridgehead atoms. The first-order valence-corrected chi connectivity index (χ1v) is 27.7. The summed E-state index contributed by atoms with van der Waals surface area (Å²) >= 11 is 0. The summed E-state index contributed by atoms with van der Waals surface area (Å²) in [7, 11) is 0. The number of amides is 1. The molecule has 3 unspecified atom stereocenters. The summed E-state index contributed by atoms with van der Waals surface area (Å²) < 4.78 is 5.92. The van der Waals surface area contributed by atoms with Crippen LogP contribution in [0, 0.1) is 0 Å². The van der Waals surface area contributed by atoms with E-state index in [1.54, 1.807) is 0 Å². The zero-order chi connectivity index (χ0) is 47.4. The van der Waals surface area contributed by atoms with Crippen LogP contribution in [-0.2, 0) is 14.3 Å². The fraction of sp³-hybridized carbons (Fsp3) is 0.763. The second-order valence-electron chi connectivity index (χ2n) is 18.8. The molecule has 0 heterocycles. The summed E-state index contributed by atoms with van der Waals surface area (Å²) in [5.41, 5.74) is 0. The summed E-state index contributed by atoms with van der Waals surface area (Å²) in [5, 5.41) is 23.8. The third-order valence-electron chi connectivity index (χ3n) is 12.4. The van der Waals surface area contributed by atoms with Gasteiger partial charge in [0.25, 0.3) is 0 Å². The Balaban J connectivity index is 4.71. The van der Waals surface area contributed by atoms with Gasteiger partial charge >= 0.3 is 5.97 Å². The van der Waals surface area contributed by atoms with Crippen molar-refractivity contribution in [2.24, 2.45) is 0 Å². The predicted octanol–water partition coefficient (Wildman–Crippen LogP) is 17.0. The second-order valence-corrected chi connectivity index (χ2v) is 18.8. The number of ether oxygens (including phenoxy) is 1. The summed E-state index contributed by atoms with van der Waals surface area (Å²) in [5.74, 6) is -0.542. The van der Waals surface area contributed by atoms with E-state index in [1.165, 1.54) is 135 Å². The molecule has 0 spiro atoms. The van der Waals surface area contributed by atoms with Gasteiger partial charge in [-0.2, -0.15) is 0 Å². The topological polar surface area (TPSA) is 95.9 Å². The van der Waals surface area contributed by atoms with Crippen LogP contribution in [0.15, 0.2) is 72.9 Å². The Morgan fingerprint density at radius 1 is 0.446 bits per heavy atom. The Bertz CT molecular complexity index is 1200. The van der Waals surface area contributed by atoms with Gasteiger partial charge in [0, 0.05) is 6.42 Å². The van der Waals surface area contributed by atoms with E-state index in [2.05, 4.69) is 92.9 Å². The number of allylic oxidation sites excluding steroid dienone is 12. The maximum absolute atomic E-state index is 13.2. The van der Waals surface area contributed by atoms with Gasteiger partial charge in [0.2, 0.25) is 5.91 Å². The summed E-state index contributed by atoms with van der Waals surface area (Å²) in [6.45, 7) is 6.43. The highest BCUT2D eigenvalue weighted by atomic mass is 16.5. The third-order valence-corrected chi connectivity index (χ3v) is 12.4. The Morgan fingerprint density at radius 2 is 0.785 bits per heavy atom. The van der Waals surface area contributed by atoms with E-state index in [1.807, 2.05) is 6.08 Å². The molecule has 65 heavy (non-hydrogen) atoms. The van der Waals surface area contributed by atoms with Gasteiger partial charge in [-0.1, -0.05) is 248 Å². The van der Waals surface area contributed by atoms with Gasteiger partial charge in [-0.25, -0.2) is 0 Å². The Labute approximate surface area is 402 Å². The first-order valence-electron chi connectivity index (χ1n) is 27.7. The van der Waals surface area contributed by atoms with Crippen molar-refractivity contribution in [2.75, 3.05) is 6.61 Å². The summed E-state index contributed by atoms with van der Waals surface area (Å²) in [6, 6.07) is -0.723. The maximum atomic E-state index is 13.2. The largest absolute Gasteiger partial charge is 0.462 e. The van der Waals surface area contributed by atoms with Gasteiger partial charge in [0.05, 0.1) is 25.2 Å². The SMILES string of the molecule is CCCCC/C=C/C=C/C=C/C=C/CCCCCC(CC(=O)NC(CO)C(O)CCCCCCCCCCCCCCCC)OC(=O)CCCCC/C=C/C=C/CCCCCCCCC. The molecule has 0 aromatic heterocycles. The molecule has 3 atom stereocenters. The molecule has 6 nitrogen and oxygen atoms in total. The number of esters is 1. The van der Waals surface area contributed by atoms with Crippen LogP contribution in [0.2, 0.25) is 0 Å². The molecule has 0 saturated carbocycles. The molecule has 0 aliphatic rings. The highest BCUT2D eigenvalue weighted by Crippen LogP contribution is 2.17. The number of unbranched alkanes of at least 4 members (excludes halogenated alkanes) is 29. The number of rotatable bonds is 49. The van der Waals surface area contributed by atoms with Crippen molar-refractivity contribution in [1.29, 1.82) is 0 Å². The predicted molar refractivity (Wildman–Crippen MR) is 282 cm³/mol. The Hall–Kier alpha value is -2.70. The summed E-state index contributed by atoms with van der Waals surface area (Å²) in [6.07, 6.45) is 66.7. The minimum atomic E-state index is -0.806. The second kappa shape index (κ2) is 52.3. The number of aliphatic hydroxyl groups is 2. The van der Waals surface area contributed by atoms with Crippen molar-refractivity contribution in [2.45, 2.75) is 283 Å². The van der Waals surface area contributed by atoms with Crippen LogP contribution in [0.1, 0.15) is 265 Å². The molecule has 0 aromatic rings. The molecule has 376 valence electrons. The van der Waals surface area contributed by atoms with Crippen molar-refractivity contribution in [3.05, 3.63) is 72.9 Å². The van der Waals surface area contributed by atoms with Crippen LogP contribution >= 0.6 is 0 Å². The number of carbonyl (C=O) groups is 2. The number of aliphatic hydroxyl groups excluding tert-OH is 2. The third kappa shape index (κ3) is 47.6. The fourth-order valence-corrected chi connectivity index (χ4v) is 8.14. The van der Waals surface area contributed by atoms with Gasteiger partial charge in [-0.3, -0.25) is 9.59 Å². The first kappa shape index (κ1) is 62.3. The maximum Gasteiger partial charge on any atom is 0.306 e. The quantitative estimate of drug-likeness (QED) is 0.0321. The Kier molecular flexibility index (Phi) is 50.1. The lowest BCUT2D eigenvalue weighted by Crippen LogP contribution is -2.46. The van der Waals surface area contributed by atoms with Crippen LogP contribution < -0.4 is 5.32 Å². The van der Waals surface area contributed by atoms with Crippen LogP contribution in [-0.4, -0.2) is 46.9 Å². The number of carbonyl (C=O) groups excluding carboxylic acids is 2. The van der Waals surface area contributed by atoms with Crippen molar-refractivity contribution in [1.82, 2.24) is 5.32 Å².